The monoisotopic (exact) mass is 569 g/mol. The Hall–Kier alpha value is -4.13. The van der Waals surface area contributed by atoms with E-state index in [1.54, 1.807) is 24.3 Å². The summed E-state index contributed by atoms with van der Waals surface area (Å²) >= 11 is 4.72. The molecule has 37 heavy (non-hydrogen) atoms. The Labute approximate surface area is 226 Å². The number of amides is 2. The number of carbonyl (C=O) groups excluding carboxylic acids is 2. The van der Waals surface area contributed by atoms with E-state index in [-0.39, 0.29) is 5.91 Å². The molecule has 4 aromatic rings. The van der Waals surface area contributed by atoms with Gasteiger partial charge in [-0.2, -0.15) is 15.4 Å². The predicted molar refractivity (Wildman–Crippen MR) is 147 cm³/mol. The highest BCUT2D eigenvalue weighted by Crippen LogP contribution is 2.41. The van der Waals surface area contributed by atoms with E-state index in [0.29, 0.717) is 22.0 Å². The molecule has 2 N–H and O–H groups in total. The molecule has 0 aliphatic carbocycles. The molecule has 0 unspecified atom stereocenters. The van der Waals surface area contributed by atoms with E-state index in [2.05, 4.69) is 20.9 Å². The van der Waals surface area contributed by atoms with Crippen LogP contribution in [-0.2, 0) is 9.59 Å². The fraction of sp³-hybridized carbons (Fsp3) is 0.107. The maximum Gasteiger partial charge on any atom is 0.259 e. The van der Waals surface area contributed by atoms with E-state index in [1.165, 1.54) is 16.3 Å². The van der Waals surface area contributed by atoms with Crippen molar-refractivity contribution in [2.24, 2.45) is 22.7 Å². The number of benzene rings is 3. The number of nitrogens with zero attached hydrogens (tertiary/aromatic N) is 4. The van der Waals surface area contributed by atoms with Crippen LogP contribution in [0.15, 0.2) is 99.9 Å². The lowest BCUT2D eigenvalue weighted by Gasteiger charge is -2.26. The molecule has 0 saturated heterocycles. The quantitative estimate of drug-likeness (QED) is 0.323. The standard InChI is InChI=1S/C28H20BrN5O2S/c29-20-13-11-18(12-14-20)23(21(15-30)26(31)35)24-25(19-9-5-2-6-10-19)33-34(27(24)36)28-32-22(16-37-28)17-7-3-1-4-8-17/h1-14,16,21,23-24H,(H2,31,35)/t21-,23+,24+/m0/s1. The highest BCUT2D eigenvalue weighted by atomic mass is 79.9. The predicted octanol–water partition coefficient (Wildman–Crippen LogP) is 5.35. The van der Waals surface area contributed by atoms with Gasteiger partial charge in [-0.05, 0) is 23.3 Å². The second-order valence-electron chi connectivity index (χ2n) is 8.45. The van der Waals surface area contributed by atoms with Crippen LogP contribution in [0.3, 0.4) is 0 Å². The Bertz CT molecular complexity index is 1510. The zero-order chi connectivity index (χ0) is 25.9. The van der Waals surface area contributed by atoms with E-state index < -0.39 is 23.7 Å². The summed E-state index contributed by atoms with van der Waals surface area (Å²) in [6.07, 6.45) is 0. The largest absolute Gasteiger partial charge is 0.369 e. The third kappa shape index (κ3) is 4.81. The number of carbonyl (C=O) groups is 2. The van der Waals surface area contributed by atoms with Gasteiger partial charge >= 0.3 is 0 Å². The van der Waals surface area contributed by atoms with Crippen LogP contribution in [0, 0.1) is 23.2 Å². The minimum Gasteiger partial charge on any atom is -0.369 e. The molecule has 0 saturated carbocycles. The van der Waals surface area contributed by atoms with Crippen molar-refractivity contribution >= 4 is 49.9 Å². The second-order valence-corrected chi connectivity index (χ2v) is 10.2. The molecule has 7 nitrogen and oxygen atoms in total. The van der Waals surface area contributed by atoms with Gasteiger partial charge in [0.15, 0.2) is 0 Å². The van der Waals surface area contributed by atoms with Gasteiger partial charge in [-0.1, -0.05) is 88.7 Å². The first-order valence-electron chi connectivity index (χ1n) is 11.4. The molecule has 0 fully saturated rings. The maximum absolute atomic E-state index is 14.1. The van der Waals surface area contributed by atoms with Gasteiger partial charge in [-0.3, -0.25) is 9.59 Å². The van der Waals surface area contributed by atoms with Gasteiger partial charge in [-0.25, -0.2) is 4.98 Å². The number of aromatic nitrogens is 1. The first-order valence-corrected chi connectivity index (χ1v) is 13.1. The van der Waals surface area contributed by atoms with E-state index in [0.717, 1.165) is 15.7 Å². The third-order valence-corrected chi connectivity index (χ3v) is 7.55. The lowest BCUT2D eigenvalue weighted by Crippen LogP contribution is -2.39. The topological polar surface area (TPSA) is 112 Å². The summed E-state index contributed by atoms with van der Waals surface area (Å²) in [7, 11) is 0. The first kappa shape index (κ1) is 24.6. The molecule has 182 valence electrons. The molecule has 0 spiro atoms. The average Bonchev–Trinajstić information content (AvgIpc) is 3.54. The molecule has 9 heteroatoms. The van der Waals surface area contributed by atoms with Crippen LogP contribution in [0.1, 0.15) is 17.0 Å². The van der Waals surface area contributed by atoms with Crippen LogP contribution in [0.4, 0.5) is 5.13 Å². The average molecular weight is 570 g/mol. The molecule has 2 amide bonds. The molecule has 0 radical (unpaired) electrons. The van der Waals surface area contributed by atoms with Crippen LogP contribution < -0.4 is 10.7 Å². The van der Waals surface area contributed by atoms with E-state index >= 15 is 0 Å². The summed E-state index contributed by atoms with van der Waals surface area (Å²) in [5.41, 5.74) is 9.14. The smallest absolute Gasteiger partial charge is 0.259 e. The molecular formula is C28H20BrN5O2S. The van der Waals surface area contributed by atoms with Crippen molar-refractivity contribution in [3.05, 3.63) is 106 Å². The van der Waals surface area contributed by atoms with Gasteiger partial charge in [0.25, 0.3) is 5.91 Å². The highest BCUT2D eigenvalue weighted by molar-refractivity contribution is 9.10. The summed E-state index contributed by atoms with van der Waals surface area (Å²) in [4.78, 5) is 31.2. The fourth-order valence-corrected chi connectivity index (χ4v) is 5.51. The number of nitriles is 1. The second kappa shape index (κ2) is 10.5. The van der Waals surface area contributed by atoms with Crippen molar-refractivity contribution < 1.29 is 9.59 Å². The minimum absolute atomic E-state index is 0.373. The summed E-state index contributed by atoms with van der Waals surface area (Å²) in [5.74, 6) is -4.19. The molecule has 2 heterocycles. The lowest BCUT2D eigenvalue weighted by atomic mass is 9.73. The van der Waals surface area contributed by atoms with Crippen molar-refractivity contribution in [1.82, 2.24) is 4.98 Å². The van der Waals surface area contributed by atoms with Gasteiger partial charge in [0.05, 0.1) is 23.4 Å². The van der Waals surface area contributed by atoms with E-state index in [4.69, 9.17) is 10.8 Å². The summed E-state index contributed by atoms with van der Waals surface area (Å²) in [5, 5.41) is 18.2. The Balaban J connectivity index is 1.63. The zero-order valence-corrected chi connectivity index (χ0v) is 21.8. The molecule has 1 aliphatic rings. The van der Waals surface area contributed by atoms with Crippen LogP contribution in [-0.4, -0.2) is 22.5 Å². The van der Waals surface area contributed by atoms with Gasteiger partial charge in [-0.15, -0.1) is 11.3 Å². The van der Waals surface area contributed by atoms with Crippen LogP contribution in [0.25, 0.3) is 11.3 Å². The van der Waals surface area contributed by atoms with Gasteiger partial charge in [0, 0.05) is 21.3 Å². The van der Waals surface area contributed by atoms with Crippen molar-refractivity contribution in [2.75, 3.05) is 5.01 Å². The number of rotatable bonds is 7. The third-order valence-electron chi connectivity index (χ3n) is 6.21. The number of hydrogen-bond donors (Lipinski definition) is 1. The van der Waals surface area contributed by atoms with Crippen molar-refractivity contribution in [3.63, 3.8) is 0 Å². The molecule has 3 atom stereocenters. The fourth-order valence-electron chi connectivity index (χ4n) is 4.46. The number of thiazole rings is 1. The summed E-state index contributed by atoms with van der Waals surface area (Å²) < 4.78 is 0.829. The molecule has 3 aromatic carbocycles. The molecule has 5 rings (SSSR count). The maximum atomic E-state index is 14.1. The number of halogens is 1. The van der Waals surface area contributed by atoms with Crippen LogP contribution >= 0.6 is 27.3 Å². The SMILES string of the molecule is N#C[C@H](C(N)=O)[C@@H](c1ccc(Br)cc1)[C@H]1C(=O)N(c2nc(-c3ccccc3)cs2)N=C1c1ccccc1. The molecule has 1 aliphatic heterocycles. The first-order chi connectivity index (χ1) is 18.0. The number of primary amides is 1. The van der Waals surface area contributed by atoms with E-state index in [1.807, 2.05) is 72.1 Å². The Kier molecular flexibility index (Phi) is 6.95. The summed E-state index contributed by atoms with van der Waals surface area (Å²) in [6.45, 7) is 0. The zero-order valence-electron chi connectivity index (χ0n) is 19.4. The normalized spacial score (nSPS) is 16.6. The van der Waals surface area contributed by atoms with Gasteiger partial charge in [0.2, 0.25) is 11.0 Å². The minimum atomic E-state index is -1.25. The number of nitrogens with two attached hydrogens (primary N) is 1. The Morgan fingerprint density at radius 1 is 1.00 bits per heavy atom. The lowest BCUT2D eigenvalue weighted by molar-refractivity contribution is -0.123. The van der Waals surface area contributed by atoms with Crippen LogP contribution in [0.2, 0.25) is 0 Å². The van der Waals surface area contributed by atoms with Crippen LogP contribution in [0.5, 0.6) is 0 Å². The summed E-state index contributed by atoms with van der Waals surface area (Å²) in [6, 6.07) is 28.2. The number of anilines is 1. The van der Waals surface area contributed by atoms with Crippen molar-refractivity contribution in [3.8, 4) is 17.3 Å². The van der Waals surface area contributed by atoms with Crippen molar-refractivity contribution in [1.29, 1.82) is 5.26 Å². The Morgan fingerprint density at radius 3 is 2.22 bits per heavy atom. The molecule has 0 bridgehead atoms. The van der Waals surface area contributed by atoms with E-state index in [9.17, 15) is 14.9 Å². The molecular weight excluding hydrogens is 550 g/mol. The number of hydrogen-bond acceptors (Lipinski definition) is 6. The highest BCUT2D eigenvalue weighted by Gasteiger charge is 2.48. The number of hydrazone groups is 1. The van der Waals surface area contributed by atoms with Gasteiger partial charge in [0.1, 0.15) is 5.92 Å². The van der Waals surface area contributed by atoms with Crippen molar-refractivity contribution in [2.45, 2.75) is 5.92 Å². The van der Waals surface area contributed by atoms with Gasteiger partial charge < -0.3 is 5.73 Å². The molecule has 1 aromatic heterocycles. The Morgan fingerprint density at radius 2 is 1.62 bits per heavy atom.